The zero-order valence-corrected chi connectivity index (χ0v) is 6.00. The Bertz CT molecular complexity index is 6.85. The van der Waals surface area contributed by atoms with Gasteiger partial charge in [-0.1, -0.05) is 0 Å². The standard InChI is InChI=1S/Na.3H2O.H2S/h;4*1H2. The van der Waals surface area contributed by atoms with E-state index in [0.29, 0.717) is 0 Å². The van der Waals surface area contributed by atoms with Gasteiger partial charge in [-0.15, -0.1) is 0 Å². The van der Waals surface area contributed by atoms with Crippen LogP contribution in [0.3, 0.4) is 0 Å². The second-order valence-electron chi connectivity index (χ2n) is 0. The van der Waals surface area contributed by atoms with Gasteiger partial charge >= 0.3 is 0 Å². The second-order valence-corrected chi connectivity index (χ2v) is 0. The Labute approximate surface area is 59.4 Å². The number of hydrogen-bond donors (Lipinski definition) is 0. The van der Waals surface area contributed by atoms with Crippen molar-refractivity contribution in [3.05, 3.63) is 0 Å². The fourth-order valence-electron chi connectivity index (χ4n) is 0. The molecule has 6 N–H and O–H groups in total. The van der Waals surface area contributed by atoms with Crippen LogP contribution in [0.15, 0.2) is 0 Å². The van der Waals surface area contributed by atoms with Crippen molar-refractivity contribution in [3.8, 4) is 0 Å². The van der Waals surface area contributed by atoms with Crippen LogP contribution in [0.5, 0.6) is 0 Å². The minimum Gasteiger partial charge on any atom is -0.412 e. The van der Waals surface area contributed by atoms with Crippen LogP contribution >= 0.6 is 13.5 Å². The van der Waals surface area contributed by atoms with Crippen LogP contribution < -0.4 is 0 Å². The summed E-state index contributed by atoms with van der Waals surface area (Å²) in [6.07, 6.45) is 0. The van der Waals surface area contributed by atoms with Crippen molar-refractivity contribution in [1.82, 2.24) is 0 Å². The average molecular weight is 111 g/mol. The van der Waals surface area contributed by atoms with E-state index in [2.05, 4.69) is 0 Å². The van der Waals surface area contributed by atoms with E-state index in [1.165, 1.54) is 0 Å². The van der Waals surface area contributed by atoms with Crippen LogP contribution in [-0.4, -0.2) is 46.0 Å². The van der Waals surface area contributed by atoms with Crippen molar-refractivity contribution >= 4 is 43.1 Å². The van der Waals surface area contributed by atoms with E-state index in [-0.39, 0.29) is 59.5 Å². The molecular formula is H8NaO3S. The summed E-state index contributed by atoms with van der Waals surface area (Å²) in [6, 6.07) is 0. The molecule has 0 amide bonds. The van der Waals surface area contributed by atoms with E-state index in [4.69, 9.17) is 0 Å². The summed E-state index contributed by atoms with van der Waals surface area (Å²) < 4.78 is 0. The smallest absolute Gasteiger partial charge is 0 e. The van der Waals surface area contributed by atoms with E-state index >= 15 is 0 Å². The topological polar surface area (TPSA) is 94.5 Å². The molecule has 3 nitrogen and oxygen atoms in total. The molecular weight excluding hydrogens is 103 g/mol. The summed E-state index contributed by atoms with van der Waals surface area (Å²) in [5.41, 5.74) is 0. The number of hydrogen-bond acceptors (Lipinski definition) is 0. The van der Waals surface area contributed by atoms with E-state index in [9.17, 15) is 0 Å². The van der Waals surface area contributed by atoms with Gasteiger partial charge in [0.15, 0.2) is 0 Å². The number of rotatable bonds is 0. The molecule has 0 aromatic carbocycles. The molecule has 0 saturated heterocycles. The Morgan fingerprint density at radius 3 is 0.600 bits per heavy atom. The van der Waals surface area contributed by atoms with Gasteiger partial charge in [0.1, 0.15) is 0 Å². The van der Waals surface area contributed by atoms with Crippen LogP contribution in [0.25, 0.3) is 0 Å². The first-order valence-corrected chi connectivity index (χ1v) is 0. The third kappa shape index (κ3) is 36.1. The van der Waals surface area contributed by atoms with Crippen molar-refractivity contribution in [1.29, 1.82) is 0 Å². The molecule has 0 aliphatic rings. The molecule has 0 aliphatic carbocycles. The molecule has 0 atom stereocenters. The van der Waals surface area contributed by atoms with Crippen molar-refractivity contribution in [2.75, 3.05) is 0 Å². The van der Waals surface area contributed by atoms with Crippen molar-refractivity contribution in [3.63, 3.8) is 0 Å². The van der Waals surface area contributed by atoms with E-state index in [0.717, 1.165) is 0 Å². The fourth-order valence-corrected chi connectivity index (χ4v) is 0. The molecule has 0 aromatic rings. The molecule has 0 spiro atoms. The van der Waals surface area contributed by atoms with Gasteiger partial charge in [-0.05, 0) is 0 Å². The Balaban J connectivity index is 0. The Hall–Kier alpha value is 1.23. The predicted octanol–water partition coefficient (Wildman–Crippen LogP) is -2.74. The zero-order valence-electron chi connectivity index (χ0n) is 3.00. The first kappa shape index (κ1) is 113. The van der Waals surface area contributed by atoms with Gasteiger partial charge in [0.2, 0.25) is 0 Å². The Morgan fingerprint density at radius 2 is 0.600 bits per heavy atom. The summed E-state index contributed by atoms with van der Waals surface area (Å²) in [7, 11) is 0. The molecule has 0 saturated carbocycles. The maximum Gasteiger partial charge on any atom is 0 e. The molecule has 5 heteroatoms. The molecule has 0 bridgehead atoms. The van der Waals surface area contributed by atoms with Gasteiger partial charge in [-0.2, -0.15) is 13.5 Å². The molecule has 0 fully saturated rings. The monoisotopic (exact) mass is 111 g/mol. The van der Waals surface area contributed by atoms with E-state index < -0.39 is 0 Å². The van der Waals surface area contributed by atoms with Gasteiger partial charge in [-0.3, -0.25) is 0 Å². The SMILES string of the molecule is O.O.O.S.[Na]. The van der Waals surface area contributed by atoms with Gasteiger partial charge in [0.05, 0.1) is 0 Å². The quantitative estimate of drug-likeness (QED) is 0.303. The maximum atomic E-state index is 0. The summed E-state index contributed by atoms with van der Waals surface area (Å²) in [5, 5.41) is 0. The van der Waals surface area contributed by atoms with Gasteiger partial charge in [0, 0.05) is 29.6 Å². The molecule has 0 heterocycles. The van der Waals surface area contributed by atoms with Crippen LogP contribution in [0.2, 0.25) is 0 Å². The summed E-state index contributed by atoms with van der Waals surface area (Å²) in [4.78, 5) is 0. The van der Waals surface area contributed by atoms with Gasteiger partial charge in [-0.25, -0.2) is 0 Å². The second kappa shape index (κ2) is 61.9. The third-order valence-electron chi connectivity index (χ3n) is 0. The minimum atomic E-state index is 0. The molecule has 1 radical (unpaired) electrons. The first-order valence-electron chi connectivity index (χ1n) is 0. The van der Waals surface area contributed by atoms with Crippen molar-refractivity contribution < 1.29 is 16.4 Å². The third-order valence-corrected chi connectivity index (χ3v) is 0. The maximum absolute atomic E-state index is 0. The molecule has 0 aliphatic heterocycles. The first-order chi connectivity index (χ1) is 0. The Kier molecular flexibility index (Phi) is 1390. The molecule has 0 unspecified atom stereocenters. The largest absolute Gasteiger partial charge is 0.412 e. The minimum absolute atomic E-state index is 0. The van der Waals surface area contributed by atoms with Crippen molar-refractivity contribution in [2.45, 2.75) is 0 Å². The fraction of sp³-hybridized carbons (Fsp3) is 0. The van der Waals surface area contributed by atoms with Gasteiger partial charge in [0.25, 0.3) is 0 Å². The average Bonchev–Trinajstić information content (AvgIpc) is 0. The van der Waals surface area contributed by atoms with E-state index in [1.807, 2.05) is 0 Å². The molecule has 5 heavy (non-hydrogen) atoms. The Morgan fingerprint density at radius 1 is 0.600 bits per heavy atom. The van der Waals surface area contributed by atoms with E-state index in [1.54, 1.807) is 0 Å². The summed E-state index contributed by atoms with van der Waals surface area (Å²) >= 11 is 0. The van der Waals surface area contributed by atoms with Crippen LogP contribution in [-0.2, 0) is 0 Å². The predicted molar refractivity (Wildman–Crippen MR) is 27.0 cm³/mol. The molecule has 33 valence electrons. The normalized spacial score (nSPS) is 0. The molecule has 0 aromatic heterocycles. The summed E-state index contributed by atoms with van der Waals surface area (Å²) in [5.74, 6) is 0. The molecule has 0 rings (SSSR count). The van der Waals surface area contributed by atoms with Crippen LogP contribution in [0.1, 0.15) is 0 Å². The summed E-state index contributed by atoms with van der Waals surface area (Å²) in [6.45, 7) is 0. The van der Waals surface area contributed by atoms with Crippen LogP contribution in [0, 0.1) is 0 Å². The zero-order chi connectivity index (χ0) is 0. The van der Waals surface area contributed by atoms with Crippen LogP contribution in [0.4, 0.5) is 0 Å². The van der Waals surface area contributed by atoms with Gasteiger partial charge < -0.3 is 16.4 Å². The van der Waals surface area contributed by atoms with Crippen molar-refractivity contribution in [2.24, 2.45) is 0 Å².